The maximum Gasteiger partial charge on any atom is 0.230 e. The number of fused-ring (bicyclic) bond motifs is 1. The fourth-order valence-corrected chi connectivity index (χ4v) is 4.26. The minimum Gasteiger partial charge on any atom is -0.493 e. The van der Waals surface area contributed by atoms with Gasteiger partial charge in [-0.1, -0.05) is 18.2 Å². The molecule has 2 aromatic carbocycles. The van der Waals surface area contributed by atoms with Crippen molar-refractivity contribution in [3.63, 3.8) is 0 Å². The average Bonchev–Trinajstić information content (AvgIpc) is 2.72. The third-order valence-corrected chi connectivity index (χ3v) is 6.18. The van der Waals surface area contributed by atoms with E-state index < -0.39 is 0 Å². The van der Waals surface area contributed by atoms with Crippen LogP contribution < -0.4 is 14.8 Å². The van der Waals surface area contributed by atoms with Crippen LogP contribution in [0, 0.1) is 6.92 Å². The molecule has 0 spiro atoms. The van der Waals surface area contributed by atoms with E-state index in [1.165, 1.54) is 16.7 Å². The zero-order valence-corrected chi connectivity index (χ0v) is 17.6. The second-order valence-corrected chi connectivity index (χ2v) is 7.92. The first kappa shape index (κ1) is 20.6. The van der Waals surface area contributed by atoms with Gasteiger partial charge in [-0.15, -0.1) is 11.8 Å². The van der Waals surface area contributed by atoms with E-state index in [2.05, 4.69) is 41.4 Å². The van der Waals surface area contributed by atoms with E-state index in [9.17, 15) is 4.79 Å². The molecule has 0 aromatic heterocycles. The molecule has 0 bridgehead atoms. The van der Waals surface area contributed by atoms with Crippen LogP contribution in [0.15, 0.2) is 41.3 Å². The summed E-state index contributed by atoms with van der Waals surface area (Å²) in [6, 6.07) is 12.3. The number of nitrogens with zero attached hydrogens (tertiary/aromatic N) is 1. The van der Waals surface area contributed by atoms with Gasteiger partial charge in [0.25, 0.3) is 0 Å². The molecule has 5 nitrogen and oxygen atoms in total. The van der Waals surface area contributed by atoms with Crippen LogP contribution in [0.4, 0.5) is 0 Å². The van der Waals surface area contributed by atoms with Gasteiger partial charge < -0.3 is 14.8 Å². The van der Waals surface area contributed by atoms with Gasteiger partial charge in [0.05, 0.1) is 20.0 Å². The quantitative estimate of drug-likeness (QED) is 0.689. The number of ether oxygens (including phenoxy) is 2. The number of hydrogen-bond donors (Lipinski definition) is 1. The lowest BCUT2D eigenvalue weighted by molar-refractivity contribution is -0.118. The number of methoxy groups -OCH3 is 2. The molecule has 1 N–H and O–H groups in total. The Morgan fingerprint density at radius 2 is 1.86 bits per heavy atom. The number of amides is 1. The number of hydrogen-bond acceptors (Lipinski definition) is 5. The van der Waals surface area contributed by atoms with Gasteiger partial charge in [-0.2, -0.15) is 0 Å². The summed E-state index contributed by atoms with van der Waals surface area (Å²) < 4.78 is 10.8. The van der Waals surface area contributed by atoms with Crippen molar-refractivity contribution in [3.05, 3.63) is 53.1 Å². The third-order valence-electron chi connectivity index (χ3n) is 5.00. The predicted molar refractivity (Wildman–Crippen MR) is 113 cm³/mol. The van der Waals surface area contributed by atoms with Crippen molar-refractivity contribution >= 4 is 17.7 Å². The molecule has 0 unspecified atom stereocenters. The molecule has 0 radical (unpaired) electrons. The summed E-state index contributed by atoms with van der Waals surface area (Å²) in [7, 11) is 3.33. The van der Waals surface area contributed by atoms with Crippen molar-refractivity contribution in [2.45, 2.75) is 24.8 Å². The van der Waals surface area contributed by atoms with Crippen LogP contribution in [-0.2, 0) is 17.8 Å². The van der Waals surface area contributed by atoms with Crippen LogP contribution in [0.1, 0.15) is 16.7 Å². The molecular formula is C22H28N2O3S. The average molecular weight is 401 g/mol. The monoisotopic (exact) mass is 400 g/mol. The molecular weight excluding hydrogens is 372 g/mol. The fourth-order valence-electron chi connectivity index (χ4n) is 3.40. The van der Waals surface area contributed by atoms with Crippen molar-refractivity contribution in [2.24, 2.45) is 0 Å². The highest BCUT2D eigenvalue weighted by Gasteiger charge is 2.19. The first-order valence-electron chi connectivity index (χ1n) is 9.52. The molecule has 1 heterocycles. The van der Waals surface area contributed by atoms with E-state index in [-0.39, 0.29) is 5.91 Å². The van der Waals surface area contributed by atoms with Crippen molar-refractivity contribution in [2.75, 3.05) is 39.6 Å². The van der Waals surface area contributed by atoms with Gasteiger partial charge in [0, 0.05) is 31.1 Å². The molecule has 6 heteroatoms. The molecule has 2 aromatic rings. The van der Waals surface area contributed by atoms with Crippen LogP contribution in [0.25, 0.3) is 0 Å². The van der Waals surface area contributed by atoms with E-state index in [1.807, 2.05) is 12.1 Å². The normalized spacial score (nSPS) is 13.7. The maximum absolute atomic E-state index is 12.1. The van der Waals surface area contributed by atoms with E-state index in [4.69, 9.17) is 9.47 Å². The fraction of sp³-hybridized carbons (Fsp3) is 0.409. The summed E-state index contributed by atoms with van der Waals surface area (Å²) in [6.07, 6.45) is 0.979. The van der Waals surface area contributed by atoms with E-state index in [1.54, 1.807) is 26.0 Å². The van der Waals surface area contributed by atoms with E-state index in [0.29, 0.717) is 12.3 Å². The van der Waals surface area contributed by atoms with Crippen LogP contribution in [-0.4, -0.2) is 50.4 Å². The molecule has 0 fully saturated rings. The highest BCUT2D eigenvalue weighted by Crippen LogP contribution is 2.33. The van der Waals surface area contributed by atoms with Crippen molar-refractivity contribution < 1.29 is 14.3 Å². The Labute approximate surface area is 171 Å². The van der Waals surface area contributed by atoms with Crippen LogP contribution in [0.5, 0.6) is 11.5 Å². The lowest BCUT2D eigenvalue weighted by atomic mass is 9.99. The molecule has 150 valence electrons. The zero-order chi connectivity index (χ0) is 19.9. The van der Waals surface area contributed by atoms with Crippen molar-refractivity contribution in [3.8, 4) is 11.5 Å². The highest BCUT2D eigenvalue weighted by molar-refractivity contribution is 8.00. The molecule has 0 saturated heterocycles. The predicted octanol–water partition coefficient (Wildman–Crippen LogP) is 3.28. The van der Waals surface area contributed by atoms with Gasteiger partial charge in [-0.05, 0) is 48.2 Å². The largest absolute Gasteiger partial charge is 0.493 e. The molecule has 1 aliphatic rings. The van der Waals surface area contributed by atoms with E-state index >= 15 is 0 Å². The summed E-state index contributed by atoms with van der Waals surface area (Å²) in [6.45, 7) is 5.42. The molecule has 28 heavy (non-hydrogen) atoms. The Kier molecular flexibility index (Phi) is 7.23. The number of carbonyl (C=O) groups excluding carboxylic acids is 1. The SMILES string of the molecule is COc1cc2c(cc1OC)CN(CCNC(=O)CSc1ccccc1C)CC2. The Bertz CT molecular complexity index is 825. The van der Waals surface area contributed by atoms with Crippen LogP contribution >= 0.6 is 11.8 Å². The number of nitrogens with one attached hydrogen (secondary N) is 1. The third kappa shape index (κ3) is 5.20. The molecule has 0 atom stereocenters. The van der Waals surface area contributed by atoms with Gasteiger partial charge in [0.2, 0.25) is 5.91 Å². The van der Waals surface area contributed by atoms with Crippen LogP contribution in [0.2, 0.25) is 0 Å². The number of rotatable bonds is 8. The van der Waals surface area contributed by atoms with Crippen molar-refractivity contribution in [1.29, 1.82) is 0 Å². The topological polar surface area (TPSA) is 50.8 Å². The number of thioether (sulfide) groups is 1. The number of benzene rings is 2. The summed E-state index contributed by atoms with van der Waals surface area (Å²) >= 11 is 1.59. The smallest absolute Gasteiger partial charge is 0.230 e. The van der Waals surface area contributed by atoms with Crippen molar-refractivity contribution in [1.82, 2.24) is 10.2 Å². The standard InChI is InChI=1S/C22H28N2O3S/c1-16-6-4-5-7-21(16)28-15-22(25)23-9-11-24-10-8-17-12-19(26-2)20(27-3)13-18(17)14-24/h4-7,12-13H,8-11,14-15H2,1-3H3,(H,23,25). The maximum atomic E-state index is 12.1. The highest BCUT2D eigenvalue weighted by atomic mass is 32.2. The van der Waals surface area contributed by atoms with Gasteiger partial charge in [-0.25, -0.2) is 0 Å². The van der Waals surface area contributed by atoms with Gasteiger partial charge in [0.15, 0.2) is 11.5 Å². The summed E-state index contributed by atoms with van der Waals surface area (Å²) in [4.78, 5) is 15.7. The number of carbonyl (C=O) groups is 1. The Hall–Kier alpha value is -2.18. The molecule has 0 saturated carbocycles. The summed E-state index contributed by atoms with van der Waals surface area (Å²) in [5.41, 5.74) is 3.79. The van der Waals surface area contributed by atoms with Crippen LogP contribution in [0.3, 0.4) is 0 Å². The molecule has 3 rings (SSSR count). The molecule has 1 amide bonds. The Morgan fingerprint density at radius 1 is 1.14 bits per heavy atom. The van der Waals surface area contributed by atoms with Gasteiger partial charge in [-0.3, -0.25) is 9.69 Å². The molecule has 1 aliphatic heterocycles. The first-order valence-corrected chi connectivity index (χ1v) is 10.5. The summed E-state index contributed by atoms with van der Waals surface area (Å²) in [5, 5.41) is 3.04. The Balaban J connectivity index is 1.45. The van der Waals surface area contributed by atoms with E-state index in [0.717, 1.165) is 42.4 Å². The Morgan fingerprint density at radius 3 is 2.57 bits per heavy atom. The first-order chi connectivity index (χ1) is 13.6. The lowest BCUT2D eigenvalue weighted by Crippen LogP contribution is -2.38. The minimum atomic E-state index is 0.0806. The van der Waals surface area contributed by atoms with Gasteiger partial charge in [0.1, 0.15) is 0 Å². The molecule has 0 aliphatic carbocycles. The second-order valence-electron chi connectivity index (χ2n) is 6.91. The lowest BCUT2D eigenvalue weighted by Gasteiger charge is -2.29. The zero-order valence-electron chi connectivity index (χ0n) is 16.8. The second kappa shape index (κ2) is 9.85. The number of aryl methyl sites for hydroxylation is 1. The minimum absolute atomic E-state index is 0.0806. The van der Waals surface area contributed by atoms with Gasteiger partial charge >= 0.3 is 0 Å². The summed E-state index contributed by atoms with van der Waals surface area (Å²) in [5.74, 6) is 2.08.